The van der Waals surface area contributed by atoms with Crippen molar-refractivity contribution >= 4 is 35.9 Å². The van der Waals surface area contributed by atoms with Crippen molar-refractivity contribution in [3.05, 3.63) is 58.3 Å². The first-order chi connectivity index (χ1) is 17.4. The van der Waals surface area contributed by atoms with E-state index in [9.17, 15) is 4.79 Å². The lowest BCUT2D eigenvalue weighted by Crippen LogP contribution is -2.27. The second-order valence-electron chi connectivity index (χ2n) is 11.6. The minimum Gasteiger partial charge on any atom is -0.444 e. The number of halogens is 1. The van der Waals surface area contributed by atoms with Gasteiger partial charge >= 0.3 is 6.09 Å². The highest BCUT2D eigenvalue weighted by Crippen LogP contribution is 2.38. The number of fused-ring (bicyclic) bond motifs is 1. The van der Waals surface area contributed by atoms with Crippen LogP contribution < -0.4 is 5.32 Å². The van der Waals surface area contributed by atoms with Gasteiger partial charge in [-0.2, -0.15) is 0 Å². The van der Waals surface area contributed by atoms with E-state index in [-0.39, 0.29) is 5.92 Å². The lowest BCUT2D eigenvalue weighted by molar-refractivity contribution is 0.0635. The summed E-state index contributed by atoms with van der Waals surface area (Å²) < 4.78 is 14.6. The topological polar surface area (TPSA) is 91.2 Å². The van der Waals surface area contributed by atoms with Gasteiger partial charge in [0.15, 0.2) is 0 Å². The molecule has 0 spiro atoms. The van der Waals surface area contributed by atoms with E-state index in [4.69, 9.17) is 19.4 Å². The Balaban J connectivity index is 1.59. The van der Waals surface area contributed by atoms with Gasteiger partial charge < -0.3 is 14.0 Å². The number of ether oxygens (including phenoxy) is 2. The van der Waals surface area contributed by atoms with Crippen LogP contribution in [0.4, 0.5) is 10.6 Å². The molecule has 8 nitrogen and oxygen atoms in total. The molecule has 10 heteroatoms. The zero-order valence-corrected chi connectivity index (χ0v) is 25.1. The molecule has 1 atom stereocenters. The van der Waals surface area contributed by atoms with Crippen LogP contribution in [0.1, 0.15) is 50.2 Å². The first-order valence-corrected chi connectivity index (χ1v) is 17.1. The molecular formula is C27H36BrN5O3Si. The molecule has 1 aliphatic rings. The van der Waals surface area contributed by atoms with Gasteiger partial charge in [0, 0.05) is 37.1 Å². The molecular weight excluding hydrogens is 550 g/mol. The molecule has 1 aliphatic carbocycles. The third-order valence-electron chi connectivity index (χ3n) is 6.10. The standard InChI is InChI=1S/C27H36BrN5O3Si/c1-27(2,3)36-26(34)32-23-10-8-19(14-29-23)22-16-31-25(33(22)17-35-11-12-37(4,5)6)21-9-7-18-13-20(28)15-30-24(18)21/h8,10,13-16,21H,7,9,11-12,17H2,1-6H3,(H,29,32,34). The number of nitrogens with one attached hydrogen (secondary N) is 1. The van der Waals surface area contributed by atoms with Crippen molar-refractivity contribution in [1.29, 1.82) is 0 Å². The van der Waals surface area contributed by atoms with Gasteiger partial charge in [-0.3, -0.25) is 10.3 Å². The molecule has 0 aromatic carbocycles. The fraction of sp³-hybridized carbons (Fsp3) is 0.481. The van der Waals surface area contributed by atoms with Gasteiger partial charge in [-0.1, -0.05) is 19.6 Å². The quantitative estimate of drug-likeness (QED) is 0.230. The molecule has 1 unspecified atom stereocenters. The van der Waals surface area contributed by atoms with Gasteiger partial charge in [0.2, 0.25) is 0 Å². The molecule has 37 heavy (non-hydrogen) atoms. The Hall–Kier alpha value is -2.56. The van der Waals surface area contributed by atoms with Crippen LogP contribution in [0.3, 0.4) is 0 Å². The Morgan fingerprint density at radius 1 is 1.16 bits per heavy atom. The third kappa shape index (κ3) is 7.27. The SMILES string of the molecule is CC(C)(C)OC(=O)Nc1ccc(-c2cnc(C3CCc4cc(Br)cnc43)n2COCC[Si](C)(C)C)cn1. The average molecular weight is 587 g/mol. The highest BCUT2D eigenvalue weighted by Gasteiger charge is 2.30. The molecule has 3 aromatic rings. The molecule has 4 rings (SSSR count). The summed E-state index contributed by atoms with van der Waals surface area (Å²) in [7, 11) is -1.20. The Morgan fingerprint density at radius 2 is 1.95 bits per heavy atom. The fourth-order valence-electron chi connectivity index (χ4n) is 4.29. The van der Waals surface area contributed by atoms with Gasteiger partial charge in [-0.25, -0.2) is 14.8 Å². The second-order valence-corrected chi connectivity index (χ2v) is 18.2. The summed E-state index contributed by atoms with van der Waals surface area (Å²) in [5, 5.41) is 2.69. The van der Waals surface area contributed by atoms with Crippen molar-refractivity contribution < 1.29 is 14.3 Å². The molecule has 1 amide bonds. The van der Waals surface area contributed by atoms with Gasteiger partial charge in [0.1, 0.15) is 24.0 Å². The molecule has 0 bridgehead atoms. The number of hydrogen-bond donors (Lipinski definition) is 1. The van der Waals surface area contributed by atoms with E-state index in [2.05, 4.69) is 56.5 Å². The van der Waals surface area contributed by atoms with Gasteiger partial charge in [-0.05, 0) is 79.3 Å². The van der Waals surface area contributed by atoms with Crippen molar-refractivity contribution in [2.24, 2.45) is 0 Å². The van der Waals surface area contributed by atoms with Crippen LogP contribution in [0.2, 0.25) is 25.7 Å². The number of carbonyl (C=O) groups excluding carboxylic acids is 1. The van der Waals surface area contributed by atoms with Crippen LogP contribution in [-0.2, 0) is 22.6 Å². The highest BCUT2D eigenvalue weighted by atomic mass is 79.9. The summed E-state index contributed by atoms with van der Waals surface area (Å²) in [6.07, 6.45) is 6.88. The maximum Gasteiger partial charge on any atom is 0.413 e. The maximum atomic E-state index is 12.1. The number of carbonyl (C=O) groups is 1. The lowest BCUT2D eigenvalue weighted by atomic mass is 10.1. The fourth-order valence-corrected chi connectivity index (χ4v) is 5.43. The molecule has 3 heterocycles. The first-order valence-electron chi connectivity index (χ1n) is 12.6. The van der Waals surface area contributed by atoms with E-state index in [1.807, 2.05) is 39.2 Å². The largest absolute Gasteiger partial charge is 0.444 e. The van der Waals surface area contributed by atoms with Crippen LogP contribution in [0.15, 0.2) is 41.3 Å². The van der Waals surface area contributed by atoms with Crippen LogP contribution in [0.5, 0.6) is 0 Å². The first kappa shape index (κ1) is 27.5. The minimum atomic E-state index is -1.20. The number of amides is 1. The number of rotatable bonds is 8. The number of hydrogen-bond acceptors (Lipinski definition) is 6. The molecule has 198 valence electrons. The van der Waals surface area contributed by atoms with Crippen molar-refractivity contribution in [2.75, 3.05) is 11.9 Å². The van der Waals surface area contributed by atoms with Gasteiger partial charge in [0.25, 0.3) is 0 Å². The smallest absolute Gasteiger partial charge is 0.413 e. The number of pyridine rings is 2. The Morgan fingerprint density at radius 3 is 2.62 bits per heavy atom. The predicted octanol–water partition coefficient (Wildman–Crippen LogP) is 6.84. The Labute approximate surface area is 228 Å². The summed E-state index contributed by atoms with van der Waals surface area (Å²) >= 11 is 3.54. The molecule has 0 fully saturated rings. The molecule has 3 aromatic heterocycles. The van der Waals surface area contributed by atoms with Crippen LogP contribution in [0.25, 0.3) is 11.3 Å². The Kier molecular flexibility index (Phi) is 8.20. The van der Waals surface area contributed by atoms with Crippen molar-refractivity contribution in [2.45, 2.75) is 77.5 Å². The van der Waals surface area contributed by atoms with Crippen molar-refractivity contribution in [3.8, 4) is 11.3 Å². The maximum absolute atomic E-state index is 12.1. The van der Waals surface area contributed by atoms with Crippen LogP contribution >= 0.6 is 15.9 Å². The normalized spacial score (nSPS) is 15.5. The summed E-state index contributed by atoms with van der Waals surface area (Å²) in [4.78, 5) is 26.1. The number of nitrogens with zero attached hydrogens (tertiary/aromatic N) is 4. The van der Waals surface area contributed by atoms with Gasteiger partial charge in [-0.15, -0.1) is 0 Å². The molecule has 1 N–H and O–H groups in total. The van der Waals surface area contributed by atoms with E-state index in [0.29, 0.717) is 12.5 Å². The van der Waals surface area contributed by atoms with E-state index in [1.54, 1.807) is 12.3 Å². The number of aryl methyl sites for hydroxylation is 1. The van der Waals surface area contributed by atoms with E-state index < -0.39 is 19.8 Å². The van der Waals surface area contributed by atoms with E-state index >= 15 is 0 Å². The van der Waals surface area contributed by atoms with E-state index in [0.717, 1.165) is 52.7 Å². The molecule has 0 aliphatic heterocycles. The molecule has 0 radical (unpaired) electrons. The van der Waals surface area contributed by atoms with Gasteiger partial charge in [0.05, 0.1) is 23.5 Å². The summed E-state index contributed by atoms with van der Waals surface area (Å²) in [5.41, 5.74) is 3.58. The Bertz CT molecular complexity index is 1250. The predicted molar refractivity (Wildman–Crippen MR) is 152 cm³/mol. The summed E-state index contributed by atoms with van der Waals surface area (Å²) in [6, 6.07) is 6.95. The zero-order chi connectivity index (χ0) is 26.8. The number of imidazole rings is 1. The minimum absolute atomic E-state index is 0.110. The number of anilines is 1. The molecule has 0 saturated heterocycles. The monoisotopic (exact) mass is 585 g/mol. The van der Waals surface area contributed by atoms with Crippen LogP contribution in [0, 0.1) is 0 Å². The summed E-state index contributed by atoms with van der Waals surface area (Å²) in [5.74, 6) is 1.49. The zero-order valence-electron chi connectivity index (χ0n) is 22.5. The second kappa shape index (κ2) is 11.0. The van der Waals surface area contributed by atoms with Crippen molar-refractivity contribution in [3.63, 3.8) is 0 Å². The highest BCUT2D eigenvalue weighted by molar-refractivity contribution is 9.10. The van der Waals surface area contributed by atoms with Crippen molar-refractivity contribution in [1.82, 2.24) is 19.5 Å². The van der Waals surface area contributed by atoms with Crippen LogP contribution in [-0.4, -0.2) is 45.9 Å². The lowest BCUT2D eigenvalue weighted by Gasteiger charge is -2.19. The third-order valence-corrected chi connectivity index (χ3v) is 8.24. The molecule has 0 saturated carbocycles. The van der Waals surface area contributed by atoms with E-state index in [1.165, 1.54) is 5.56 Å². The average Bonchev–Trinajstić information content (AvgIpc) is 3.38. The summed E-state index contributed by atoms with van der Waals surface area (Å²) in [6.45, 7) is 13.7. The number of aromatic nitrogens is 4.